The molecule has 3 nitrogen and oxygen atoms in total. The van der Waals surface area contributed by atoms with E-state index in [1.807, 2.05) is 45.0 Å². The number of hydrogen-bond donors (Lipinski definition) is 0. The van der Waals surface area contributed by atoms with Crippen molar-refractivity contribution >= 4 is 6.72 Å². The number of ether oxygens (including phenoxy) is 1. The van der Waals surface area contributed by atoms with Crippen LogP contribution in [0.3, 0.4) is 0 Å². The van der Waals surface area contributed by atoms with Crippen LogP contribution in [0.4, 0.5) is 0 Å². The van der Waals surface area contributed by atoms with Crippen LogP contribution in [-0.2, 0) is 0 Å². The summed E-state index contributed by atoms with van der Waals surface area (Å²) in [5, 5.41) is 0. The van der Waals surface area contributed by atoms with Gasteiger partial charge in [0.1, 0.15) is 0 Å². The molecule has 0 unspecified atom stereocenters. The Kier molecular flexibility index (Phi) is 15.5. The van der Waals surface area contributed by atoms with Crippen LogP contribution < -0.4 is 4.74 Å². The van der Waals surface area contributed by atoms with Gasteiger partial charge < -0.3 is 4.74 Å². The Morgan fingerprint density at radius 2 is 2.05 bits per heavy atom. The van der Waals surface area contributed by atoms with Gasteiger partial charge in [0.2, 0.25) is 5.88 Å². The van der Waals surface area contributed by atoms with E-state index in [1.165, 1.54) is 0 Å². The van der Waals surface area contributed by atoms with Gasteiger partial charge in [-0.3, -0.25) is 4.99 Å². The Hall–Kier alpha value is -1.90. The van der Waals surface area contributed by atoms with Gasteiger partial charge in [0.15, 0.2) is 0 Å². The summed E-state index contributed by atoms with van der Waals surface area (Å²) in [4.78, 5) is 7.76. The number of nitrogens with zero attached hydrogens (tertiary/aromatic N) is 2. The molecular weight excluding hydrogens is 248 g/mol. The Morgan fingerprint density at radius 3 is 2.35 bits per heavy atom. The lowest BCUT2D eigenvalue weighted by atomic mass is 10.1. The van der Waals surface area contributed by atoms with Crippen molar-refractivity contribution < 1.29 is 4.74 Å². The highest BCUT2D eigenvalue weighted by Crippen LogP contribution is 2.08. The lowest BCUT2D eigenvalue weighted by Gasteiger charge is -2.01. The highest BCUT2D eigenvalue weighted by molar-refractivity contribution is 5.30. The Morgan fingerprint density at radius 1 is 1.40 bits per heavy atom. The maximum absolute atomic E-state index is 5.09. The molecule has 0 N–H and O–H groups in total. The lowest BCUT2D eigenvalue weighted by Crippen LogP contribution is -1.92. The van der Waals surface area contributed by atoms with Crippen molar-refractivity contribution in [1.29, 1.82) is 0 Å². The summed E-state index contributed by atoms with van der Waals surface area (Å²) in [5.41, 5.74) is 0.991. The van der Waals surface area contributed by atoms with Crippen molar-refractivity contribution in [3.05, 3.63) is 48.8 Å². The average Bonchev–Trinajstić information content (AvgIpc) is 2.48. The van der Waals surface area contributed by atoms with Crippen LogP contribution in [0.1, 0.15) is 34.6 Å². The van der Waals surface area contributed by atoms with E-state index < -0.39 is 0 Å². The van der Waals surface area contributed by atoms with E-state index in [0.29, 0.717) is 18.4 Å². The molecule has 0 amide bonds. The molecule has 0 aliphatic carbocycles. The fourth-order valence-electron chi connectivity index (χ4n) is 1.13. The van der Waals surface area contributed by atoms with Crippen molar-refractivity contribution in [2.45, 2.75) is 34.6 Å². The number of allylic oxidation sites excluding steroid dienone is 3. The fraction of sp³-hybridized carbons (Fsp3) is 0.412. The lowest BCUT2D eigenvalue weighted by molar-refractivity contribution is 0.327. The molecule has 0 aliphatic rings. The van der Waals surface area contributed by atoms with Crippen LogP contribution in [-0.4, -0.2) is 18.3 Å². The molecule has 0 aromatic carbocycles. The first-order valence-corrected chi connectivity index (χ1v) is 6.98. The van der Waals surface area contributed by atoms with E-state index in [9.17, 15) is 0 Å². The van der Waals surface area contributed by atoms with Crippen molar-refractivity contribution in [2.24, 2.45) is 10.9 Å². The minimum Gasteiger partial charge on any atom is -0.478 e. The number of pyridine rings is 1. The summed E-state index contributed by atoms with van der Waals surface area (Å²) in [6.07, 6.45) is 5.31. The molecule has 1 heterocycles. The van der Waals surface area contributed by atoms with E-state index in [1.54, 1.807) is 12.3 Å². The molecule has 1 aromatic heterocycles. The van der Waals surface area contributed by atoms with Gasteiger partial charge in [0.05, 0.1) is 6.61 Å². The van der Waals surface area contributed by atoms with Crippen LogP contribution in [0, 0.1) is 5.92 Å². The van der Waals surface area contributed by atoms with E-state index >= 15 is 0 Å². The molecule has 0 aliphatic heterocycles. The highest BCUT2D eigenvalue weighted by atomic mass is 16.5. The first-order chi connectivity index (χ1) is 9.65. The van der Waals surface area contributed by atoms with Crippen LogP contribution in [0.25, 0.3) is 0 Å². The fourth-order valence-corrected chi connectivity index (χ4v) is 1.13. The van der Waals surface area contributed by atoms with Crippen molar-refractivity contribution in [3.63, 3.8) is 0 Å². The summed E-state index contributed by atoms with van der Waals surface area (Å²) in [6, 6.07) is 5.60. The number of rotatable bonds is 5. The molecule has 3 heteroatoms. The molecule has 0 spiro atoms. The van der Waals surface area contributed by atoms with Gasteiger partial charge in [-0.15, -0.1) is 0 Å². The average molecular weight is 276 g/mol. The second kappa shape index (κ2) is 15.2. The third-order valence-corrected chi connectivity index (χ3v) is 1.99. The van der Waals surface area contributed by atoms with Gasteiger partial charge in [0, 0.05) is 18.0 Å². The molecule has 0 fully saturated rings. The van der Waals surface area contributed by atoms with E-state index in [-0.39, 0.29) is 0 Å². The number of hydrogen-bond acceptors (Lipinski definition) is 3. The third kappa shape index (κ3) is 11.2. The van der Waals surface area contributed by atoms with Crippen LogP contribution in [0.5, 0.6) is 5.88 Å². The summed E-state index contributed by atoms with van der Waals surface area (Å²) in [5.74, 6) is 1.14. The zero-order chi connectivity index (χ0) is 15.8. The Bertz CT molecular complexity index is 370. The van der Waals surface area contributed by atoms with Gasteiger partial charge >= 0.3 is 0 Å². The minimum absolute atomic E-state index is 0.445. The number of aromatic nitrogens is 1. The van der Waals surface area contributed by atoms with Crippen LogP contribution in [0.2, 0.25) is 0 Å². The smallest absolute Gasteiger partial charge is 0.213 e. The Balaban J connectivity index is 0. The maximum Gasteiger partial charge on any atom is 0.213 e. The van der Waals surface area contributed by atoms with E-state index in [4.69, 9.17) is 4.74 Å². The number of aliphatic imine (C=N–C) groups is 1. The minimum atomic E-state index is 0.445. The van der Waals surface area contributed by atoms with Crippen LogP contribution in [0.15, 0.2) is 53.8 Å². The summed E-state index contributed by atoms with van der Waals surface area (Å²) in [7, 11) is 0. The summed E-state index contributed by atoms with van der Waals surface area (Å²) < 4.78 is 5.09. The molecular formula is C17H28N2O. The summed E-state index contributed by atoms with van der Waals surface area (Å²) >= 11 is 0. The summed E-state index contributed by atoms with van der Waals surface area (Å²) in [6.45, 7) is 17.8. The quantitative estimate of drug-likeness (QED) is 0.565. The van der Waals surface area contributed by atoms with Crippen LogP contribution >= 0.6 is 0 Å². The molecule has 0 atom stereocenters. The van der Waals surface area contributed by atoms with E-state index in [2.05, 4.69) is 37.1 Å². The van der Waals surface area contributed by atoms with Crippen molar-refractivity contribution in [3.8, 4) is 5.88 Å². The largest absolute Gasteiger partial charge is 0.478 e. The standard InChI is InChI=1S/C8H13N.C7H9NO.C2H6/c1-5-6-8(9-4)7(2)3;1-2-9-7-5-3-4-6-8-7;1-2/h5-7H,1,4H2,2-3H3;3-6H,2H2,1H3;1-2H3/b8-6-;;. The molecule has 0 saturated carbocycles. The van der Waals surface area contributed by atoms with E-state index in [0.717, 1.165) is 5.70 Å². The molecule has 0 radical (unpaired) electrons. The normalized spacial score (nSPS) is 9.60. The van der Waals surface area contributed by atoms with Gasteiger partial charge in [-0.1, -0.05) is 46.4 Å². The maximum atomic E-state index is 5.09. The molecule has 0 saturated heterocycles. The second-order valence-electron chi connectivity index (χ2n) is 3.74. The molecule has 20 heavy (non-hydrogen) atoms. The molecule has 0 bridgehead atoms. The van der Waals surface area contributed by atoms with Gasteiger partial charge in [0.25, 0.3) is 0 Å². The van der Waals surface area contributed by atoms with Crippen molar-refractivity contribution in [2.75, 3.05) is 6.61 Å². The van der Waals surface area contributed by atoms with Crippen molar-refractivity contribution in [1.82, 2.24) is 4.98 Å². The predicted molar refractivity (Wildman–Crippen MR) is 89.4 cm³/mol. The zero-order valence-corrected chi connectivity index (χ0v) is 13.5. The second-order valence-corrected chi connectivity index (χ2v) is 3.74. The molecule has 1 rings (SSSR count). The molecule has 112 valence electrons. The monoisotopic (exact) mass is 276 g/mol. The van der Waals surface area contributed by atoms with Gasteiger partial charge in [-0.25, -0.2) is 4.98 Å². The molecule has 1 aromatic rings. The third-order valence-electron chi connectivity index (χ3n) is 1.99. The highest BCUT2D eigenvalue weighted by Gasteiger charge is 1.95. The van der Waals surface area contributed by atoms with Gasteiger partial charge in [-0.2, -0.15) is 0 Å². The topological polar surface area (TPSA) is 34.5 Å². The zero-order valence-electron chi connectivity index (χ0n) is 13.5. The first kappa shape index (κ1) is 20.4. The van der Waals surface area contributed by atoms with Gasteiger partial charge in [-0.05, 0) is 31.7 Å². The SMILES string of the molecule is C=C/C=C(\N=C)C(C)C.CC.CCOc1ccccn1. The Labute approximate surface area is 124 Å². The first-order valence-electron chi connectivity index (χ1n) is 6.98. The predicted octanol–water partition coefficient (Wildman–Crippen LogP) is 4.92.